The molecule has 0 spiro atoms. The Kier molecular flexibility index (Phi) is 5.32. The lowest BCUT2D eigenvalue weighted by molar-refractivity contribution is -0.134. The largest absolute Gasteiger partial charge is 0.325 e. The molecule has 0 radical (unpaired) electrons. The van der Waals surface area contributed by atoms with Gasteiger partial charge in [0.05, 0.1) is 6.54 Å². The molecule has 2 fully saturated rings. The van der Waals surface area contributed by atoms with Crippen LogP contribution < -0.4 is 10.6 Å². The van der Waals surface area contributed by atoms with Gasteiger partial charge in [0.1, 0.15) is 17.2 Å². The predicted octanol–water partition coefficient (Wildman–Crippen LogP) is 3.00. The first-order chi connectivity index (χ1) is 14.0. The van der Waals surface area contributed by atoms with Crippen LogP contribution in [-0.2, 0) is 17.8 Å². The van der Waals surface area contributed by atoms with E-state index in [-0.39, 0.29) is 30.6 Å². The lowest BCUT2D eigenvalue weighted by Gasteiger charge is -2.38. The topological polar surface area (TPSA) is 61.4 Å². The third-order valence-electron chi connectivity index (χ3n) is 5.92. The Bertz CT molecular complexity index is 913. The van der Waals surface area contributed by atoms with Crippen molar-refractivity contribution in [2.24, 2.45) is 5.92 Å². The number of benzene rings is 2. The molecule has 0 aliphatic carbocycles. The van der Waals surface area contributed by atoms with Crippen LogP contribution in [0.5, 0.6) is 0 Å². The van der Waals surface area contributed by atoms with Crippen LogP contribution in [-0.4, -0.2) is 35.5 Å². The lowest BCUT2D eigenvalue weighted by atomic mass is 9.74. The first kappa shape index (κ1) is 19.5. The Morgan fingerprint density at radius 1 is 1.00 bits per heavy atom. The normalized spacial score (nSPS) is 22.8. The number of halogens is 2. The van der Waals surface area contributed by atoms with Crippen molar-refractivity contribution < 1.29 is 18.4 Å². The third-order valence-corrected chi connectivity index (χ3v) is 5.92. The first-order valence-electron chi connectivity index (χ1n) is 9.82. The molecule has 2 heterocycles. The van der Waals surface area contributed by atoms with Crippen LogP contribution in [0.1, 0.15) is 24.0 Å². The summed E-state index contributed by atoms with van der Waals surface area (Å²) >= 11 is 0. The maximum absolute atomic E-state index is 14.1. The molecule has 2 aliphatic rings. The van der Waals surface area contributed by atoms with E-state index in [4.69, 9.17) is 0 Å². The molecule has 29 heavy (non-hydrogen) atoms. The number of rotatable bonds is 5. The quantitative estimate of drug-likeness (QED) is 0.760. The van der Waals surface area contributed by atoms with Gasteiger partial charge in [0.25, 0.3) is 5.91 Å². The minimum Gasteiger partial charge on any atom is -0.322 e. The van der Waals surface area contributed by atoms with Crippen molar-refractivity contribution in [1.82, 2.24) is 15.5 Å². The first-order valence-corrected chi connectivity index (χ1v) is 9.82. The molecule has 2 aromatic carbocycles. The van der Waals surface area contributed by atoms with E-state index in [9.17, 15) is 18.4 Å². The summed E-state index contributed by atoms with van der Waals surface area (Å²) in [6.07, 6.45) is 1.75. The van der Waals surface area contributed by atoms with Crippen LogP contribution in [0.3, 0.4) is 0 Å². The highest BCUT2D eigenvalue weighted by Gasteiger charge is 2.55. The molecule has 2 N–H and O–H groups in total. The van der Waals surface area contributed by atoms with Crippen LogP contribution in [0.4, 0.5) is 13.6 Å². The number of hydrogen-bond acceptors (Lipinski definition) is 3. The number of amides is 3. The molecule has 5 nitrogen and oxygen atoms in total. The van der Waals surface area contributed by atoms with Crippen molar-refractivity contribution in [2.75, 3.05) is 13.1 Å². The van der Waals surface area contributed by atoms with Crippen molar-refractivity contribution in [3.05, 3.63) is 71.3 Å². The van der Waals surface area contributed by atoms with Gasteiger partial charge in [-0.05, 0) is 55.6 Å². The standard InChI is InChI=1S/C22H23F2N3O2/c23-18-7-5-15(6-8-18)13-22(17-9-11-25-12-10-17)20(28)27(21(29)26-22)14-16-3-1-2-4-19(16)24/h1-8,17,25H,9-14H2,(H,26,29)/t22-/m1/s1. The fraction of sp³-hybridized carbons (Fsp3) is 0.364. The second-order valence-electron chi connectivity index (χ2n) is 7.71. The van der Waals surface area contributed by atoms with Gasteiger partial charge in [-0.2, -0.15) is 0 Å². The van der Waals surface area contributed by atoms with Crippen molar-refractivity contribution >= 4 is 11.9 Å². The van der Waals surface area contributed by atoms with E-state index in [0.29, 0.717) is 5.56 Å². The third kappa shape index (κ3) is 3.74. The fourth-order valence-electron chi connectivity index (χ4n) is 4.37. The number of carbonyl (C=O) groups excluding carboxylic acids is 2. The maximum Gasteiger partial charge on any atom is 0.325 e. The van der Waals surface area contributed by atoms with E-state index in [1.165, 1.54) is 18.2 Å². The predicted molar refractivity (Wildman–Crippen MR) is 104 cm³/mol. The average Bonchev–Trinajstić information content (AvgIpc) is 2.97. The Morgan fingerprint density at radius 2 is 1.69 bits per heavy atom. The number of nitrogens with one attached hydrogen (secondary N) is 2. The Labute approximate surface area is 168 Å². The van der Waals surface area contributed by atoms with Gasteiger partial charge < -0.3 is 10.6 Å². The van der Waals surface area contributed by atoms with E-state index in [1.54, 1.807) is 30.3 Å². The smallest absolute Gasteiger partial charge is 0.322 e. The van der Waals surface area contributed by atoms with E-state index >= 15 is 0 Å². The molecule has 2 aliphatic heterocycles. The van der Waals surface area contributed by atoms with Gasteiger partial charge >= 0.3 is 6.03 Å². The minimum absolute atomic E-state index is 0.0594. The summed E-state index contributed by atoms with van der Waals surface area (Å²) in [6, 6.07) is 11.6. The van der Waals surface area contributed by atoms with E-state index < -0.39 is 17.4 Å². The number of nitrogens with zero attached hydrogens (tertiary/aromatic N) is 1. The molecule has 0 bridgehead atoms. The maximum atomic E-state index is 14.1. The molecular weight excluding hydrogens is 376 g/mol. The molecular formula is C22H23F2N3O2. The van der Waals surface area contributed by atoms with Crippen molar-refractivity contribution in [2.45, 2.75) is 31.3 Å². The van der Waals surface area contributed by atoms with Gasteiger partial charge in [-0.15, -0.1) is 0 Å². The number of imide groups is 1. The molecule has 0 aromatic heterocycles. The highest BCUT2D eigenvalue weighted by molar-refractivity contribution is 6.07. The van der Waals surface area contributed by atoms with Gasteiger partial charge in [-0.25, -0.2) is 13.6 Å². The van der Waals surface area contributed by atoms with Gasteiger partial charge in [0.15, 0.2) is 0 Å². The molecule has 7 heteroatoms. The fourth-order valence-corrected chi connectivity index (χ4v) is 4.37. The van der Waals surface area contributed by atoms with E-state index in [2.05, 4.69) is 10.6 Å². The Balaban J connectivity index is 1.66. The SMILES string of the molecule is O=C1N[C@](Cc2ccc(F)cc2)(C2CCNCC2)C(=O)N1Cc1ccccc1F. The van der Waals surface area contributed by atoms with Crippen LogP contribution in [0.15, 0.2) is 48.5 Å². The Hall–Kier alpha value is -2.80. The number of hydrogen-bond donors (Lipinski definition) is 2. The second kappa shape index (κ2) is 7.91. The summed E-state index contributed by atoms with van der Waals surface area (Å²) in [5.41, 5.74) is -0.0485. The molecule has 3 amide bonds. The van der Waals surface area contributed by atoms with Crippen LogP contribution >= 0.6 is 0 Å². The van der Waals surface area contributed by atoms with Crippen molar-refractivity contribution in [1.29, 1.82) is 0 Å². The summed E-state index contributed by atoms with van der Waals surface area (Å²) in [6.45, 7) is 1.39. The number of piperidine rings is 1. The monoisotopic (exact) mass is 399 g/mol. The summed E-state index contributed by atoms with van der Waals surface area (Å²) in [4.78, 5) is 27.4. The number of urea groups is 1. The molecule has 2 aromatic rings. The summed E-state index contributed by atoms with van der Waals surface area (Å²) < 4.78 is 27.5. The number of carbonyl (C=O) groups is 2. The van der Waals surface area contributed by atoms with Crippen LogP contribution in [0, 0.1) is 17.6 Å². The highest BCUT2D eigenvalue weighted by Crippen LogP contribution is 2.36. The second-order valence-corrected chi connectivity index (χ2v) is 7.71. The molecule has 4 rings (SSSR count). The van der Waals surface area contributed by atoms with Gasteiger partial charge in [-0.1, -0.05) is 30.3 Å². The minimum atomic E-state index is -1.11. The molecule has 152 valence electrons. The van der Waals surface area contributed by atoms with Crippen LogP contribution in [0.2, 0.25) is 0 Å². The van der Waals surface area contributed by atoms with Crippen molar-refractivity contribution in [3.8, 4) is 0 Å². The zero-order valence-corrected chi connectivity index (χ0v) is 16.0. The highest BCUT2D eigenvalue weighted by atomic mass is 19.1. The average molecular weight is 399 g/mol. The van der Waals surface area contributed by atoms with Gasteiger partial charge in [0.2, 0.25) is 0 Å². The summed E-state index contributed by atoms with van der Waals surface area (Å²) in [5.74, 6) is -1.21. The zero-order chi connectivity index (χ0) is 20.4. The van der Waals surface area contributed by atoms with E-state index in [0.717, 1.165) is 36.4 Å². The molecule has 1 atom stereocenters. The summed E-state index contributed by atoms with van der Waals surface area (Å²) in [5, 5.41) is 6.21. The van der Waals surface area contributed by atoms with Gasteiger partial charge in [0, 0.05) is 12.0 Å². The molecule has 0 saturated carbocycles. The summed E-state index contributed by atoms with van der Waals surface area (Å²) in [7, 11) is 0. The lowest BCUT2D eigenvalue weighted by Crippen LogP contribution is -2.57. The van der Waals surface area contributed by atoms with Crippen molar-refractivity contribution in [3.63, 3.8) is 0 Å². The zero-order valence-electron chi connectivity index (χ0n) is 16.0. The van der Waals surface area contributed by atoms with Gasteiger partial charge in [-0.3, -0.25) is 9.69 Å². The molecule has 2 saturated heterocycles. The Morgan fingerprint density at radius 3 is 2.38 bits per heavy atom. The van der Waals surface area contributed by atoms with Crippen LogP contribution in [0.25, 0.3) is 0 Å². The molecule has 0 unspecified atom stereocenters. The van der Waals surface area contributed by atoms with E-state index in [1.807, 2.05) is 0 Å².